The molecule has 0 fully saturated rings. The standard InChI is InChI=1S/C20H19N4O13PS2/c25-23-19(39(28,29)15-7-3-1-4-8-15)17(21-36-23)32-11-13-34-38(27)35-14-12-33-18-20(24(26)37-22-18)40(30,31)16-9-5-2-6-10-16/h1-10,38H,11-14H2. The minimum absolute atomic E-state index is 0.190. The highest BCUT2D eigenvalue weighted by molar-refractivity contribution is 7.91. The number of aromatic nitrogens is 4. The van der Waals surface area contributed by atoms with Crippen molar-refractivity contribution in [2.45, 2.75) is 19.8 Å². The molecule has 0 amide bonds. The Labute approximate surface area is 226 Å². The second kappa shape index (κ2) is 12.4. The summed E-state index contributed by atoms with van der Waals surface area (Å²) in [7, 11) is -11.7. The lowest BCUT2D eigenvalue weighted by atomic mass is 10.4. The van der Waals surface area contributed by atoms with Gasteiger partial charge in [0.2, 0.25) is 0 Å². The van der Waals surface area contributed by atoms with Crippen molar-refractivity contribution in [3.8, 4) is 11.8 Å². The van der Waals surface area contributed by atoms with E-state index >= 15 is 0 Å². The third kappa shape index (κ3) is 6.40. The number of rotatable bonds is 14. The summed E-state index contributed by atoms with van der Waals surface area (Å²) in [6.07, 6.45) is 0. The van der Waals surface area contributed by atoms with E-state index in [1.165, 1.54) is 48.5 Å². The van der Waals surface area contributed by atoms with E-state index in [-0.39, 0.29) is 46.0 Å². The third-order valence-corrected chi connectivity index (χ3v) is 9.12. The SMILES string of the molecule is O=[PH](OCCOc1no[n+]([O-])c1S(=O)(=O)c1ccccc1)OCCOc1no[n+]([O-])c1S(=O)(=O)c1ccccc1. The average molecular weight is 618 g/mol. The summed E-state index contributed by atoms with van der Waals surface area (Å²) in [5.74, 6) is -1.25. The molecular weight excluding hydrogens is 599 g/mol. The summed E-state index contributed by atoms with van der Waals surface area (Å²) < 4.78 is 91.6. The summed E-state index contributed by atoms with van der Waals surface area (Å²) in [5.41, 5.74) is 0. The van der Waals surface area contributed by atoms with E-state index in [0.29, 0.717) is 0 Å². The molecule has 4 aromatic rings. The molecule has 0 radical (unpaired) electrons. The fraction of sp³-hybridized carbons (Fsp3) is 0.200. The van der Waals surface area contributed by atoms with Crippen LogP contribution in [-0.4, -0.2) is 53.6 Å². The molecule has 0 N–H and O–H groups in total. The molecule has 0 saturated heterocycles. The van der Waals surface area contributed by atoms with Gasteiger partial charge in [-0.1, -0.05) is 36.4 Å². The predicted molar refractivity (Wildman–Crippen MR) is 127 cm³/mol. The van der Waals surface area contributed by atoms with Crippen LogP contribution < -0.4 is 19.3 Å². The Balaban J connectivity index is 1.24. The van der Waals surface area contributed by atoms with Gasteiger partial charge in [-0.2, -0.15) is 0 Å². The number of hydrogen-bond donors (Lipinski definition) is 0. The van der Waals surface area contributed by atoms with Gasteiger partial charge in [0.1, 0.15) is 13.2 Å². The first-order valence-electron chi connectivity index (χ1n) is 11.0. The van der Waals surface area contributed by atoms with Gasteiger partial charge in [-0.15, -0.1) is 0 Å². The zero-order chi connectivity index (χ0) is 28.8. The van der Waals surface area contributed by atoms with Crippen LogP contribution in [0, 0.1) is 10.4 Å². The third-order valence-electron chi connectivity index (χ3n) is 4.79. The molecule has 0 aliphatic rings. The largest absolute Gasteiger partial charge is 0.452 e. The Kier molecular flexibility index (Phi) is 9.00. The summed E-state index contributed by atoms with van der Waals surface area (Å²) in [5, 5.41) is 28.5. The topological polar surface area (TPSA) is 228 Å². The predicted octanol–water partition coefficient (Wildman–Crippen LogP) is 0.476. The molecule has 4 rings (SSSR count). The molecule has 2 aromatic carbocycles. The summed E-state index contributed by atoms with van der Waals surface area (Å²) in [6.45, 7) is -1.51. The first-order chi connectivity index (χ1) is 19.1. The summed E-state index contributed by atoms with van der Waals surface area (Å²) >= 11 is 0. The Morgan fingerprint density at radius 2 is 1.05 bits per heavy atom. The van der Waals surface area contributed by atoms with Gasteiger partial charge in [0.25, 0.3) is 19.7 Å². The molecule has 0 unspecified atom stereocenters. The fourth-order valence-corrected chi connectivity index (χ4v) is 6.22. The molecule has 0 aliphatic heterocycles. The molecule has 0 atom stereocenters. The first-order valence-corrected chi connectivity index (χ1v) is 15.2. The zero-order valence-electron chi connectivity index (χ0n) is 20.0. The molecule has 20 heteroatoms. The molecule has 0 saturated carbocycles. The first kappa shape index (κ1) is 29.0. The van der Waals surface area contributed by atoms with Crippen LogP contribution in [-0.2, 0) is 33.3 Å². The van der Waals surface area contributed by atoms with Gasteiger partial charge in [-0.05, 0) is 34.1 Å². The van der Waals surface area contributed by atoms with Crippen LogP contribution in [0.5, 0.6) is 11.8 Å². The van der Waals surface area contributed by atoms with E-state index in [9.17, 15) is 31.8 Å². The Morgan fingerprint density at radius 1 is 0.675 bits per heavy atom. The van der Waals surface area contributed by atoms with Crippen LogP contribution in [0.3, 0.4) is 0 Å². The molecule has 0 bridgehead atoms. The number of nitrogens with zero attached hydrogens (tertiary/aromatic N) is 4. The van der Waals surface area contributed by atoms with Gasteiger partial charge in [0.15, 0.2) is 0 Å². The van der Waals surface area contributed by atoms with E-state index in [1.807, 2.05) is 0 Å². The van der Waals surface area contributed by atoms with Crippen molar-refractivity contribution in [1.29, 1.82) is 0 Å². The van der Waals surface area contributed by atoms with Gasteiger partial charge >= 0.3 is 30.1 Å². The smallest absolute Gasteiger partial charge is 0.415 e. The van der Waals surface area contributed by atoms with Gasteiger partial charge in [-0.3, -0.25) is 13.8 Å². The maximum atomic E-state index is 12.7. The minimum Gasteiger partial charge on any atom is -0.452 e. The minimum atomic E-state index is -4.31. The molecule has 0 spiro atoms. The molecule has 2 heterocycles. The number of ether oxygens (including phenoxy) is 2. The summed E-state index contributed by atoms with van der Waals surface area (Å²) in [6, 6.07) is 14.1. The highest BCUT2D eigenvalue weighted by atomic mass is 32.2. The molecule has 40 heavy (non-hydrogen) atoms. The maximum Gasteiger partial charge on any atom is 0.415 e. The Morgan fingerprint density at radius 3 is 1.43 bits per heavy atom. The number of benzene rings is 2. The zero-order valence-corrected chi connectivity index (χ0v) is 22.6. The van der Waals surface area contributed by atoms with Crippen molar-refractivity contribution < 1.29 is 59.0 Å². The van der Waals surface area contributed by atoms with Crippen LogP contribution in [0.15, 0.2) is 89.8 Å². The van der Waals surface area contributed by atoms with Gasteiger partial charge in [0.05, 0.1) is 33.3 Å². The van der Waals surface area contributed by atoms with Gasteiger partial charge < -0.3 is 28.9 Å². The molecule has 214 valence electrons. The van der Waals surface area contributed by atoms with Crippen LogP contribution >= 0.6 is 8.25 Å². The van der Waals surface area contributed by atoms with Crippen molar-refractivity contribution in [3.05, 3.63) is 71.1 Å². The van der Waals surface area contributed by atoms with Gasteiger partial charge in [-0.25, -0.2) is 16.8 Å². The number of sulfone groups is 2. The quantitative estimate of drug-likeness (QED) is 0.106. The molecule has 2 aromatic heterocycles. The highest BCUT2D eigenvalue weighted by Gasteiger charge is 2.36. The second-order valence-corrected chi connectivity index (χ2v) is 12.2. The molecule has 0 aliphatic carbocycles. The van der Waals surface area contributed by atoms with Gasteiger partial charge in [0, 0.05) is 0 Å². The van der Waals surface area contributed by atoms with Crippen molar-refractivity contribution >= 4 is 27.9 Å². The van der Waals surface area contributed by atoms with Crippen molar-refractivity contribution in [2.75, 3.05) is 26.4 Å². The Hall–Kier alpha value is -4.03. The average Bonchev–Trinajstić information content (AvgIpc) is 3.52. The maximum absolute atomic E-state index is 12.7. The van der Waals surface area contributed by atoms with Crippen LogP contribution in [0.4, 0.5) is 0 Å². The lowest BCUT2D eigenvalue weighted by Gasteiger charge is -2.06. The number of hydrogen-bond acceptors (Lipinski definition) is 15. The summed E-state index contributed by atoms with van der Waals surface area (Å²) in [4.78, 5) is -1.01. The highest BCUT2D eigenvalue weighted by Crippen LogP contribution is 2.27. The van der Waals surface area contributed by atoms with Crippen molar-refractivity contribution in [3.63, 3.8) is 0 Å². The fourth-order valence-electron chi connectivity index (χ4n) is 3.05. The molecule has 17 nitrogen and oxygen atoms in total. The normalized spacial score (nSPS) is 12.0. The van der Waals surface area contributed by atoms with E-state index in [2.05, 4.69) is 19.6 Å². The van der Waals surface area contributed by atoms with Crippen molar-refractivity contribution in [2.24, 2.45) is 0 Å². The van der Waals surface area contributed by atoms with Crippen LogP contribution in [0.25, 0.3) is 0 Å². The Bertz CT molecular complexity index is 1550. The van der Waals surface area contributed by atoms with E-state index in [1.54, 1.807) is 12.1 Å². The second-order valence-electron chi connectivity index (χ2n) is 7.36. The lowest BCUT2D eigenvalue weighted by Crippen LogP contribution is -2.31. The van der Waals surface area contributed by atoms with Crippen LogP contribution in [0.1, 0.15) is 0 Å². The van der Waals surface area contributed by atoms with Crippen molar-refractivity contribution in [1.82, 2.24) is 10.3 Å². The van der Waals surface area contributed by atoms with E-state index in [0.717, 1.165) is 0 Å². The van der Waals surface area contributed by atoms with Crippen LogP contribution in [0.2, 0.25) is 0 Å². The molecular formula is C20H19N4O13PS2. The monoisotopic (exact) mass is 618 g/mol. The van der Waals surface area contributed by atoms with E-state index < -0.39 is 49.7 Å². The van der Waals surface area contributed by atoms with E-state index in [4.69, 9.17) is 18.5 Å². The lowest BCUT2D eigenvalue weighted by molar-refractivity contribution is -0.832.